The number of carboxylic acids is 1. The zero-order valence-corrected chi connectivity index (χ0v) is 18.6. The SMILES string of the molecule is Cc1cccc(S(=O)(=O)N2CCOc3ccc(C(=O)Nc4nc(CC(=O)O)cs4)cc32)c1. The first-order chi connectivity index (χ1) is 15.2. The lowest BCUT2D eigenvalue weighted by atomic mass is 10.1. The lowest BCUT2D eigenvalue weighted by Gasteiger charge is -2.30. The highest BCUT2D eigenvalue weighted by atomic mass is 32.2. The lowest BCUT2D eigenvalue weighted by Crippen LogP contribution is -2.38. The fraction of sp³-hybridized carbons (Fsp3) is 0.190. The summed E-state index contributed by atoms with van der Waals surface area (Å²) in [7, 11) is -3.85. The second-order valence-corrected chi connectivity index (χ2v) is 9.81. The van der Waals surface area contributed by atoms with Crippen molar-refractivity contribution in [3.63, 3.8) is 0 Å². The summed E-state index contributed by atoms with van der Waals surface area (Å²) in [5.74, 6) is -1.15. The van der Waals surface area contributed by atoms with E-state index < -0.39 is 21.9 Å². The van der Waals surface area contributed by atoms with Crippen LogP contribution < -0.4 is 14.4 Å². The largest absolute Gasteiger partial charge is 0.489 e. The van der Waals surface area contributed by atoms with Gasteiger partial charge in [-0.05, 0) is 42.8 Å². The Morgan fingerprint density at radius 2 is 2.06 bits per heavy atom. The molecule has 0 fully saturated rings. The molecule has 32 heavy (non-hydrogen) atoms. The average Bonchev–Trinajstić information content (AvgIpc) is 3.18. The van der Waals surface area contributed by atoms with Gasteiger partial charge in [-0.25, -0.2) is 13.4 Å². The summed E-state index contributed by atoms with van der Waals surface area (Å²) in [5, 5.41) is 13.3. The van der Waals surface area contributed by atoms with Crippen LogP contribution in [0.1, 0.15) is 21.6 Å². The van der Waals surface area contributed by atoms with Crippen molar-refractivity contribution in [2.24, 2.45) is 0 Å². The van der Waals surface area contributed by atoms with Crippen molar-refractivity contribution < 1.29 is 27.9 Å². The monoisotopic (exact) mass is 473 g/mol. The number of nitrogens with one attached hydrogen (secondary N) is 1. The van der Waals surface area contributed by atoms with Gasteiger partial charge in [0.05, 0.1) is 29.2 Å². The van der Waals surface area contributed by atoms with E-state index >= 15 is 0 Å². The normalized spacial score (nSPS) is 13.2. The van der Waals surface area contributed by atoms with Gasteiger partial charge in [-0.2, -0.15) is 0 Å². The van der Waals surface area contributed by atoms with E-state index in [1.54, 1.807) is 23.6 Å². The molecule has 1 amide bonds. The third-order valence-corrected chi connectivity index (χ3v) is 7.34. The van der Waals surface area contributed by atoms with Crippen molar-refractivity contribution in [3.8, 4) is 5.75 Å². The number of carbonyl (C=O) groups excluding carboxylic acids is 1. The van der Waals surface area contributed by atoms with E-state index in [1.165, 1.54) is 22.5 Å². The summed E-state index contributed by atoms with van der Waals surface area (Å²) < 4.78 is 33.4. The number of fused-ring (bicyclic) bond motifs is 1. The van der Waals surface area contributed by atoms with E-state index in [0.717, 1.165) is 16.9 Å². The van der Waals surface area contributed by atoms with E-state index in [-0.39, 0.29) is 40.9 Å². The maximum atomic E-state index is 13.3. The molecule has 166 valence electrons. The van der Waals surface area contributed by atoms with Crippen molar-refractivity contribution in [2.75, 3.05) is 22.8 Å². The number of amides is 1. The molecular weight excluding hydrogens is 454 g/mol. The molecule has 1 aromatic heterocycles. The molecule has 2 N–H and O–H groups in total. The maximum Gasteiger partial charge on any atom is 0.309 e. The zero-order chi connectivity index (χ0) is 22.9. The van der Waals surface area contributed by atoms with E-state index in [2.05, 4.69) is 10.3 Å². The number of ether oxygens (including phenoxy) is 1. The van der Waals surface area contributed by atoms with E-state index in [9.17, 15) is 18.0 Å². The van der Waals surface area contributed by atoms with Crippen molar-refractivity contribution in [1.29, 1.82) is 0 Å². The number of carbonyl (C=O) groups is 2. The number of sulfonamides is 1. The maximum absolute atomic E-state index is 13.3. The third-order valence-electron chi connectivity index (χ3n) is 4.72. The molecule has 11 heteroatoms. The molecule has 1 aliphatic heterocycles. The van der Waals surface area contributed by atoms with Crippen LogP contribution >= 0.6 is 11.3 Å². The number of rotatable bonds is 6. The van der Waals surface area contributed by atoms with Gasteiger partial charge < -0.3 is 9.84 Å². The summed E-state index contributed by atoms with van der Waals surface area (Å²) in [6, 6.07) is 11.2. The van der Waals surface area contributed by atoms with Crippen LogP contribution in [-0.4, -0.2) is 43.5 Å². The van der Waals surface area contributed by atoms with Crippen molar-refractivity contribution >= 4 is 44.1 Å². The summed E-state index contributed by atoms with van der Waals surface area (Å²) in [5.41, 5.74) is 1.65. The Labute approximate surface area is 188 Å². The Morgan fingerprint density at radius 3 is 2.81 bits per heavy atom. The number of aryl methyl sites for hydroxylation is 1. The molecule has 2 heterocycles. The number of benzene rings is 2. The first kappa shape index (κ1) is 21.8. The molecular formula is C21H19N3O6S2. The van der Waals surface area contributed by atoms with Crippen LogP contribution in [-0.2, 0) is 21.2 Å². The van der Waals surface area contributed by atoms with Gasteiger partial charge in [0.15, 0.2) is 5.13 Å². The van der Waals surface area contributed by atoms with Crippen LogP contribution in [0, 0.1) is 6.92 Å². The smallest absolute Gasteiger partial charge is 0.309 e. The van der Waals surface area contributed by atoms with Crippen LogP contribution in [0.4, 0.5) is 10.8 Å². The van der Waals surface area contributed by atoms with Gasteiger partial charge in [0, 0.05) is 10.9 Å². The molecule has 0 unspecified atom stereocenters. The van der Waals surface area contributed by atoms with Crippen LogP contribution in [0.15, 0.2) is 52.7 Å². The van der Waals surface area contributed by atoms with Gasteiger partial charge in [0.1, 0.15) is 12.4 Å². The Hall–Kier alpha value is -3.44. The minimum Gasteiger partial charge on any atom is -0.489 e. The summed E-state index contributed by atoms with van der Waals surface area (Å²) >= 11 is 1.11. The standard InChI is InChI=1S/C21H19N3O6S2/c1-13-3-2-4-16(9-13)32(28,29)24-7-8-30-18-6-5-14(10-17(18)24)20(27)23-21-22-15(12-31-21)11-19(25)26/h2-6,9-10,12H,7-8,11H2,1H3,(H,25,26)(H,22,23,27). The summed E-state index contributed by atoms with van der Waals surface area (Å²) in [4.78, 5) is 27.8. The fourth-order valence-electron chi connectivity index (χ4n) is 3.26. The molecule has 9 nitrogen and oxygen atoms in total. The second-order valence-electron chi connectivity index (χ2n) is 7.09. The Morgan fingerprint density at radius 1 is 1.25 bits per heavy atom. The molecule has 0 radical (unpaired) electrons. The number of thiazole rings is 1. The number of carboxylic acid groups (broad SMARTS) is 1. The Bertz CT molecular complexity index is 1300. The van der Waals surface area contributed by atoms with Crippen LogP contribution in [0.3, 0.4) is 0 Å². The number of hydrogen-bond donors (Lipinski definition) is 2. The Kier molecular flexibility index (Phi) is 5.85. The minimum absolute atomic E-state index is 0.110. The summed E-state index contributed by atoms with van der Waals surface area (Å²) in [6.07, 6.45) is -0.242. The predicted molar refractivity (Wildman–Crippen MR) is 119 cm³/mol. The topological polar surface area (TPSA) is 126 Å². The van der Waals surface area contributed by atoms with Crippen molar-refractivity contribution in [3.05, 3.63) is 64.7 Å². The minimum atomic E-state index is -3.85. The summed E-state index contributed by atoms with van der Waals surface area (Å²) in [6.45, 7) is 2.11. The van der Waals surface area contributed by atoms with Crippen molar-refractivity contribution in [1.82, 2.24) is 4.98 Å². The van der Waals surface area contributed by atoms with Gasteiger partial charge in [0.25, 0.3) is 15.9 Å². The number of aliphatic carboxylic acids is 1. The van der Waals surface area contributed by atoms with E-state index in [4.69, 9.17) is 9.84 Å². The molecule has 3 aromatic rings. The van der Waals surface area contributed by atoms with Gasteiger partial charge in [-0.1, -0.05) is 12.1 Å². The van der Waals surface area contributed by atoms with E-state index in [1.807, 2.05) is 13.0 Å². The highest BCUT2D eigenvalue weighted by Crippen LogP contribution is 2.36. The highest BCUT2D eigenvalue weighted by molar-refractivity contribution is 7.92. The number of nitrogens with zero attached hydrogens (tertiary/aromatic N) is 2. The van der Waals surface area contributed by atoms with Crippen LogP contribution in [0.25, 0.3) is 0 Å². The first-order valence-corrected chi connectivity index (χ1v) is 11.9. The average molecular weight is 474 g/mol. The van der Waals surface area contributed by atoms with Crippen molar-refractivity contribution in [2.45, 2.75) is 18.2 Å². The molecule has 0 spiro atoms. The third kappa shape index (κ3) is 4.43. The fourth-order valence-corrected chi connectivity index (χ4v) is 5.52. The zero-order valence-electron chi connectivity index (χ0n) is 16.9. The quantitative estimate of drug-likeness (QED) is 0.564. The number of hydrogen-bond acceptors (Lipinski definition) is 7. The van der Waals surface area contributed by atoms with Gasteiger partial charge >= 0.3 is 5.97 Å². The van der Waals surface area contributed by atoms with Crippen LogP contribution in [0.5, 0.6) is 5.75 Å². The van der Waals surface area contributed by atoms with Gasteiger partial charge in [-0.15, -0.1) is 11.3 Å². The number of anilines is 2. The molecule has 0 bridgehead atoms. The molecule has 0 saturated carbocycles. The van der Waals surface area contributed by atoms with Crippen LogP contribution in [0.2, 0.25) is 0 Å². The van der Waals surface area contributed by atoms with E-state index in [0.29, 0.717) is 11.4 Å². The molecule has 1 aliphatic rings. The Balaban J connectivity index is 1.62. The second kappa shape index (κ2) is 8.60. The molecule has 2 aromatic carbocycles. The van der Waals surface area contributed by atoms with Gasteiger partial charge in [-0.3, -0.25) is 19.2 Å². The van der Waals surface area contributed by atoms with Gasteiger partial charge in [0.2, 0.25) is 0 Å². The predicted octanol–water partition coefficient (Wildman–Crippen LogP) is 2.92. The molecule has 0 aliphatic carbocycles. The molecule has 4 rings (SSSR count). The molecule has 0 saturated heterocycles. The molecule has 0 atom stereocenters. The highest BCUT2D eigenvalue weighted by Gasteiger charge is 2.31. The lowest BCUT2D eigenvalue weighted by molar-refractivity contribution is -0.136. The number of aromatic nitrogens is 1. The first-order valence-electron chi connectivity index (χ1n) is 9.58.